The largest absolute Gasteiger partial charge is 0.461 e. The van der Waals surface area contributed by atoms with E-state index in [4.69, 9.17) is 14.2 Å². The molecule has 6 N–H and O–H groups in total. The van der Waals surface area contributed by atoms with Crippen molar-refractivity contribution in [1.29, 1.82) is 0 Å². The van der Waals surface area contributed by atoms with Crippen molar-refractivity contribution >= 4 is 17.9 Å². The van der Waals surface area contributed by atoms with Crippen LogP contribution in [0, 0.1) is 5.41 Å². The molecule has 0 bridgehead atoms. The Hall–Kier alpha value is -4.80. The Morgan fingerprint density at radius 2 is 0.685 bits per heavy atom. The predicted octanol–water partition coefficient (Wildman–Crippen LogP) is 4.42. The van der Waals surface area contributed by atoms with Crippen molar-refractivity contribution in [1.82, 2.24) is 32.6 Å². The normalized spacial score (nSPS) is 18.3. The molecular weight excluding hydrogens is 747 g/mol. The van der Waals surface area contributed by atoms with Gasteiger partial charge in [-0.1, -0.05) is 43.3 Å². The molecule has 3 aromatic carbocycles. The van der Waals surface area contributed by atoms with E-state index < -0.39 is 78.7 Å². The van der Waals surface area contributed by atoms with Crippen LogP contribution in [0.15, 0.2) is 72.8 Å². The first-order valence-electron chi connectivity index (χ1n) is 15.9. The second-order valence-corrected chi connectivity index (χ2v) is 12.8. The number of nitrogens with one attached hydrogen (secondary N) is 6. The smallest absolute Gasteiger partial charge is 0.426 e. The summed E-state index contributed by atoms with van der Waals surface area (Å²) >= 11 is 0. The zero-order valence-electron chi connectivity index (χ0n) is 27.6. The van der Waals surface area contributed by atoms with Crippen LogP contribution in [0.3, 0.4) is 0 Å². The molecular formula is C33H29F9N6O6. The number of ether oxygens (including phenoxy) is 3. The van der Waals surface area contributed by atoms with Gasteiger partial charge in [0.25, 0.3) is 0 Å². The van der Waals surface area contributed by atoms with Crippen LogP contribution in [0.1, 0.15) is 61.1 Å². The molecule has 21 heteroatoms. The van der Waals surface area contributed by atoms with Gasteiger partial charge in [0.15, 0.2) is 0 Å². The second-order valence-electron chi connectivity index (χ2n) is 12.8. The average Bonchev–Trinajstić information content (AvgIpc) is 3.98. The zero-order chi connectivity index (χ0) is 39.4. The lowest BCUT2D eigenvalue weighted by Crippen LogP contribution is -2.39. The van der Waals surface area contributed by atoms with Crippen molar-refractivity contribution in [2.24, 2.45) is 5.41 Å². The van der Waals surface area contributed by atoms with E-state index in [1.807, 2.05) is 32.6 Å². The molecule has 0 spiro atoms. The van der Waals surface area contributed by atoms with Gasteiger partial charge in [-0.3, -0.25) is 0 Å². The summed E-state index contributed by atoms with van der Waals surface area (Å²) < 4.78 is 137. The highest BCUT2D eigenvalue weighted by atomic mass is 19.4. The van der Waals surface area contributed by atoms with Crippen molar-refractivity contribution in [2.75, 3.05) is 19.8 Å². The van der Waals surface area contributed by atoms with Gasteiger partial charge >= 0.3 is 36.4 Å². The van der Waals surface area contributed by atoms with Crippen molar-refractivity contribution in [3.05, 3.63) is 106 Å². The van der Waals surface area contributed by atoms with Gasteiger partial charge in [0.1, 0.15) is 19.8 Å². The SMILES string of the molecule is CCC(COC(=O)c1ccc(C2(C(F)(F)F)NN2)cc1)(COC(=O)c1ccc(C2(C(F)(F)F)NN2)cc1)COC(=O)c1ccc(C2(C(F)(F)F)NN2)cc1. The molecule has 3 fully saturated rings. The van der Waals surface area contributed by atoms with Crippen molar-refractivity contribution in [3.63, 3.8) is 0 Å². The number of rotatable bonds is 13. The highest BCUT2D eigenvalue weighted by Crippen LogP contribution is 2.44. The van der Waals surface area contributed by atoms with E-state index in [1.54, 1.807) is 6.92 Å². The fourth-order valence-corrected chi connectivity index (χ4v) is 5.44. The highest BCUT2D eigenvalue weighted by molar-refractivity contribution is 5.90. The number of halogens is 9. The molecule has 0 aliphatic carbocycles. The van der Waals surface area contributed by atoms with E-state index in [-0.39, 0.29) is 39.8 Å². The summed E-state index contributed by atoms with van der Waals surface area (Å²) in [5.41, 5.74) is 2.19. The minimum atomic E-state index is -4.69. The third-order valence-electron chi connectivity index (χ3n) is 9.34. The number of hydrazine groups is 3. The number of carbonyl (C=O) groups is 3. The van der Waals surface area contributed by atoms with Crippen LogP contribution < -0.4 is 32.6 Å². The first-order chi connectivity index (χ1) is 25.2. The van der Waals surface area contributed by atoms with Gasteiger partial charge in [-0.25, -0.2) is 46.9 Å². The van der Waals surface area contributed by atoms with E-state index in [0.717, 1.165) is 72.8 Å². The summed E-state index contributed by atoms with van der Waals surface area (Å²) in [6.45, 7) is -0.155. The molecule has 0 saturated carbocycles. The van der Waals surface area contributed by atoms with E-state index in [9.17, 15) is 53.9 Å². The molecule has 290 valence electrons. The van der Waals surface area contributed by atoms with Crippen molar-refractivity contribution in [3.8, 4) is 0 Å². The van der Waals surface area contributed by atoms with Gasteiger partial charge in [0.05, 0.1) is 22.1 Å². The monoisotopic (exact) mass is 776 g/mol. The van der Waals surface area contributed by atoms with Gasteiger partial charge in [-0.2, -0.15) is 39.5 Å². The van der Waals surface area contributed by atoms with E-state index >= 15 is 0 Å². The standard InChI is InChI=1S/C33H29F9N6O6/c1-2-27(15-52-24(49)18-3-9-21(10-4-18)28(43-44-28)31(34,35)36,16-53-25(50)19-5-11-22(12-6-19)29(45-46-29)32(37,38)39)17-54-26(51)20-7-13-23(14-8-20)30(47-48-30)33(40,41)42/h3-14,43-48H,2,15-17H2,1H3. The molecule has 6 rings (SSSR count). The number of benzene rings is 3. The Kier molecular flexibility index (Phi) is 9.72. The third-order valence-corrected chi connectivity index (χ3v) is 9.34. The fraction of sp³-hybridized carbons (Fsp3) is 0.364. The van der Waals surface area contributed by atoms with E-state index in [0.29, 0.717) is 0 Å². The molecule has 12 nitrogen and oxygen atoms in total. The van der Waals surface area contributed by atoms with E-state index in [2.05, 4.69) is 0 Å². The van der Waals surface area contributed by atoms with Gasteiger partial charge in [0, 0.05) is 0 Å². The summed E-state index contributed by atoms with van der Waals surface area (Å²) in [4.78, 5) is 39.0. The lowest BCUT2D eigenvalue weighted by molar-refractivity contribution is -0.166. The zero-order valence-corrected chi connectivity index (χ0v) is 27.6. The maximum atomic E-state index is 13.4. The summed E-state index contributed by atoms with van der Waals surface area (Å²) in [7, 11) is 0. The minimum Gasteiger partial charge on any atom is -0.461 e. The topological polar surface area (TPSA) is 211 Å². The summed E-state index contributed by atoms with van der Waals surface area (Å²) in [6, 6.07) is 12.9. The molecule has 3 heterocycles. The summed E-state index contributed by atoms with van der Waals surface area (Å²) in [6.07, 6.45) is -14.1. The second kappa shape index (κ2) is 13.5. The number of alkyl halides is 9. The molecule has 0 amide bonds. The fourth-order valence-electron chi connectivity index (χ4n) is 5.44. The third kappa shape index (κ3) is 7.21. The first kappa shape index (κ1) is 38.9. The lowest BCUT2D eigenvalue weighted by Gasteiger charge is -2.31. The summed E-state index contributed by atoms with van der Waals surface area (Å²) in [5.74, 6) is -2.99. The summed E-state index contributed by atoms with van der Waals surface area (Å²) in [5, 5.41) is 0. The maximum Gasteiger partial charge on any atom is 0.426 e. The van der Waals surface area contributed by atoms with Crippen LogP contribution in [-0.4, -0.2) is 56.3 Å². The van der Waals surface area contributed by atoms with E-state index in [1.165, 1.54) is 0 Å². The molecule has 0 radical (unpaired) electrons. The Morgan fingerprint density at radius 3 is 0.852 bits per heavy atom. The minimum absolute atomic E-state index is 0.0139. The van der Waals surface area contributed by atoms with Crippen LogP contribution in [0.25, 0.3) is 0 Å². The number of esters is 3. The molecule has 0 atom stereocenters. The van der Waals surface area contributed by atoms with Crippen molar-refractivity contribution in [2.45, 2.75) is 48.9 Å². The Balaban J connectivity index is 1.15. The Labute approximate surface area is 299 Å². The molecule has 3 aliphatic heterocycles. The average molecular weight is 777 g/mol. The number of carbonyl (C=O) groups excluding carboxylic acids is 3. The molecule has 54 heavy (non-hydrogen) atoms. The van der Waals surface area contributed by atoms with Crippen LogP contribution in [0.5, 0.6) is 0 Å². The van der Waals surface area contributed by atoms with Crippen LogP contribution >= 0.6 is 0 Å². The molecule has 3 aromatic rings. The maximum absolute atomic E-state index is 13.4. The quantitative estimate of drug-likeness (QED) is 0.0617. The highest BCUT2D eigenvalue weighted by Gasteiger charge is 2.67. The Bertz CT molecular complexity index is 1670. The van der Waals surface area contributed by atoms with Crippen LogP contribution in [0.4, 0.5) is 39.5 Å². The first-order valence-corrected chi connectivity index (χ1v) is 15.9. The van der Waals surface area contributed by atoms with Gasteiger partial charge < -0.3 is 14.2 Å². The van der Waals surface area contributed by atoms with Crippen LogP contribution in [-0.2, 0) is 31.2 Å². The van der Waals surface area contributed by atoms with Gasteiger partial charge in [-0.15, -0.1) is 0 Å². The molecule has 3 saturated heterocycles. The number of hydrogen-bond donors (Lipinski definition) is 6. The van der Waals surface area contributed by atoms with Crippen LogP contribution in [0.2, 0.25) is 0 Å². The number of hydrogen-bond acceptors (Lipinski definition) is 12. The molecule has 0 unspecified atom stereocenters. The Morgan fingerprint density at radius 1 is 0.463 bits per heavy atom. The lowest BCUT2D eigenvalue weighted by atomic mass is 9.88. The van der Waals surface area contributed by atoms with Gasteiger partial charge in [-0.05, 0) is 59.5 Å². The predicted molar refractivity (Wildman–Crippen MR) is 165 cm³/mol. The van der Waals surface area contributed by atoms with Crippen molar-refractivity contribution < 1.29 is 68.1 Å². The van der Waals surface area contributed by atoms with Gasteiger partial charge in [0.2, 0.25) is 17.0 Å². The molecule has 3 aliphatic rings. The molecule has 0 aromatic heterocycles.